The van der Waals surface area contributed by atoms with Crippen molar-refractivity contribution in [3.63, 3.8) is 0 Å². The summed E-state index contributed by atoms with van der Waals surface area (Å²) in [6.45, 7) is 10.4. The minimum atomic E-state index is -0.159. The largest absolute Gasteiger partial charge is 0.371 e. The SMILES string of the molecule is Cc1cc(N2CCC(C)(C)CC2)c(C(C)N)cc1F. The Labute approximate surface area is 115 Å². The molecular weight excluding hydrogens is 239 g/mol. The highest BCUT2D eigenvalue weighted by Gasteiger charge is 2.27. The van der Waals surface area contributed by atoms with Gasteiger partial charge in [-0.05, 0) is 55.4 Å². The summed E-state index contributed by atoms with van der Waals surface area (Å²) in [4.78, 5) is 2.36. The molecule has 2 nitrogen and oxygen atoms in total. The van der Waals surface area contributed by atoms with E-state index < -0.39 is 0 Å². The van der Waals surface area contributed by atoms with Gasteiger partial charge >= 0.3 is 0 Å². The standard InChI is InChI=1S/C16H25FN2/c1-11-9-15(13(12(2)18)10-14(11)17)19-7-5-16(3,4)6-8-19/h9-10,12H,5-8,18H2,1-4H3. The predicted octanol–water partition coefficient (Wildman–Crippen LogP) is 3.78. The van der Waals surface area contributed by atoms with Crippen LogP contribution in [0.15, 0.2) is 12.1 Å². The van der Waals surface area contributed by atoms with Crippen molar-refractivity contribution in [2.45, 2.75) is 46.6 Å². The third kappa shape index (κ3) is 3.08. The number of hydrogen-bond acceptors (Lipinski definition) is 2. The van der Waals surface area contributed by atoms with Gasteiger partial charge in [0, 0.05) is 24.8 Å². The Balaban J connectivity index is 2.31. The maximum atomic E-state index is 13.7. The van der Waals surface area contributed by atoms with E-state index in [0.717, 1.165) is 24.3 Å². The van der Waals surface area contributed by atoms with Crippen LogP contribution in [-0.2, 0) is 0 Å². The van der Waals surface area contributed by atoms with E-state index in [9.17, 15) is 4.39 Å². The fourth-order valence-corrected chi connectivity index (χ4v) is 2.67. The van der Waals surface area contributed by atoms with Crippen LogP contribution in [0.2, 0.25) is 0 Å². The van der Waals surface area contributed by atoms with Crippen LogP contribution < -0.4 is 10.6 Å². The van der Waals surface area contributed by atoms with Crippen molar-refractivity contribution in [2.75, 3.05) is 18.0 Å². The lowest BCUT2D eigenvalue weighted by Gasteiger charge is -2.39. The van der Waals surface area contributed by atoms with E-state index in [4.69, 9.17) is 5.73 Å². The summed E-state index contributed by atoms with van der Waals surface area (Å²) in [5.41, 5.74) is 9.15. The first-order valence-corrected chi connectivity index (χ1v) is 7.11. The highest BCUT2D eigenvalue weighted by atomic mass is 19.1. The van der Waals surface area contributed by atoms with E-state index in [2.05, 4.69) is 18.7 Å². The molecule has 3 heteroatoms. The maximum absolute atomic E-state index is 13.7. The lowest BCUT2D eigenvalue weighted by atomic mass is 9.82. The Kier molecular flexibility index (Phi) is 3.86. The van der Waals surface area contributed by atoms with Crippen molar-refractivity contribution >= 4 is 5.69 Å². The van der Waals surface area contributed by atoms with E-state index in [0.29, 0.717) is 11.0 Å². The van der Waals surface area contributed by atoms with Crippen LogP contribution in [0.1, 0.15) is 50.8 Å². The van der Waals surface area contributed by atoms with E-state index in [1.165, 1.54) is 12.8 Å². The Bertz CT molecular complexity index is 456. The highest BCUT2D eigenvalue weighted by molar-refractivity contribution is 5.57. The van der Waals surface area contributed by atoms with Gasteiger partial charge in [-0.15, -0.1) is 0 Å². The number of nitrogens with two attached hydrogens (primary N) is 1. The summed E-state index contributed by atoms with van der Waals surface area (Å²) in [7, 11) is 0. The van der Waals surface area contributed by atoms with Gasteiger partial charge in [0.15, 0.2) is 0 Å². The molecule has 1 unspecified atom stereocenters. The van der Waals surface area contributed by atoms with Crippen LogP contribution in [-0.4, -0.2) is 13.1 Å². The first kappa shape index (κ1) is 14.3. The number of piperidine rings is 1. The van der Waals surface area contributed by atoms with Crippen molar-refractivity contribution in [3.05, 3.63) is 29.1 Å². The fourth-order valence-electron chi connectivity index (χ4n) is 2.67. The molecular formula is C16H25FN2. The molecule has 0 bridgehead atoms. The lowest BCUT2D eigenvalue weighted by molar-refractivity contribution is 0.279. The number of aryl methyl sites for hydroxylation is 1. The van der Waals surface area contributed by atoms with Crippen molar-refractivity contribution in [2.24, 2.45) is 11.1 Å². The Morgan fingerprint density at radius 3 is 2.37 bits per heavy atom. The number of benzene rings is 1. The zero-order valence-electron chi connectivity index (χ0n) is 12.5. The fraction of sp³-hybridized carbons (Fsp3) is 0.625. The molecule has 1 fully saturated rings. The van der Waals surface area contributed by atoms with E-state index in [1.807, 2.05) is 19.9 Å². The molecule has 1 saturated heterocycles. The van der Waals surface area contributed by atoms with Crippen LogP contribution in [0.5, 0.6) is 0 Å². The topological polar surface area (TPSA) is 29.3 Å². The summed E-state index contributed by atoms with van der Waals surface area (Å²) < 4.78 is 13.7. The maximum Gasteiger partial charge on any atom is 0.126 e. The van der Waals surface area contributed by atoms with Crippen molar-refractivity contribution in [3.8, 4) is 0 Å². The zero-order valence-corrected chi connectivity index (χ0v) is 12.5. The first-order valence-electron chi connectivity index (χ1n) is 7.11. The summed E-state index contributed by atoms with van der Waals surface area (Å²) >= 11 is 0. The second-order valence-corrected chi connectivity index (χ2v) is 6.60. The van der Waals surface area contributed by atoms with E-state index >= 15 is 0 Å². The third-order valence-electron chi connectivity index (χ3n) is 4.26. The summed E-state index contributed by atoms with van der Waals surface area (Å²) in [6.07, 6.45) is 2.34. The Morgan fingerprint density at radius 1 is 1.26 bits per heavy atom. The molecule has 19 heavy (non-hydrogen) atoms. The number of hydrogen-bond donors (Lipinski definition) is 1. The van der Waals surface area contributed by atoms with Crippen molar-refractivity contribution in [1.29, 1.82) is 0 Å². The molecule has 0 radical (unpaired) electrons. The monoisotopic (exact) mass is 264 g/mol. The molecule has 1 aromatic rings. The molecule has 106 valence electrons. The van der Waals surface area contributed by atoms with Crippen molar-refractivity contribution in [1.82, 2.24) is 0 Å². The minimum Gasteiger partial charge on any atom is -0.371 e. The van der Waals surface area contributed by atoms with Gasteiger partial charge in [0.2, 0.25) is 0 Å². The minimum absolute atomic E-state index is 0.139. The molecule has 0 saturated carbocycles. The molecule has 1 heterocycles. The van der Waals surface area contributed by atoms with Gasteiger partial charge in [0.1, 0.15) is 5.82 Å². The molecule has 2 N–H and O–H groups in total. The Hall–Kier alpha value is -1.09. The lowest BCUT2D eigenvalue weighted by Crippen LogP contribution is -2.38. The highest BCUT2D eigenvalue weighted by Crippen LogP contribution is 2.35. The summed E-state index contributed by atoms with van der Waals surface area (Å²) in [5.74, 6) is -0.159. The van der Waals surface area contributed by atoms with Gasteiger partial charge in [-0.3, -0.25) is 0 Å². The van der Waals surface area contributed by atoms with E-state index in [1.54, 1.807) is 6.07 Å². The van der Waals surface area contributed by atoms with Crippen LogP contribution >= 0.6 is 0 Å². The summed E-state index contributed by atoms with van der Waals surface area (Å²) in [6, 6.07) is 3.42. The average Bonchev–Trinajstić information content (AvgIpc) is 2.32. The molecule has 1 aliphatic heterocycles. The number of rotatable bonds is 2. The molecule has 0 aromatic heterocycles. The van der Waals surface area contributed by atoms with Gasteiger partial charge in [0.25, 0.3) is 0 Å². The van der Waals surface area contributed by atoms with Gasteiger partial charge < -0.3 is 10.6 Å². The van der Waals surface area contributed by atoms with Crippen molar-refractivity contribution < 1.29 is 4.39 Å². The summed E-state index contributed by atoms with van der Waals surface area (Å²) in [5, 5.41) is 0. The molecule has 1 aliphatic rings. The van der Waals surface area contributed by atoms with E-state index in [-0.39, 0.29) is 11.9 Å². The third-order valence-corrected chi connectivity index (χ3v) is 4.26. The van der Waals surface area contributed by atoms with Gasteiger partial charge in [-0.2, -0.15) is 0 Å². The molecule has 1 aromatic carbocycles. The number of nitrogens with zero attached hydrogens (tertiary/aromatic N) is 1. The second kappa shape index (κ2) is 5.12. The Morgan fingerprint density at radius 2 is 1.84 bits per heavy atom. The molecule has 0 aliphatic carbocycles. The van der Waals surface area contributed by atoms with Gasteiger partial charge in [-0.25, -0.2) is 4.39 Å². The quantitative estimate of drug-likeness (QED) is 0.880. The van der Waals surface area contributed by atoms with Crippen LogP contribution in [0.3, 0.4) is 0 Å². The van der Waals surface area contributed by atoms with Gasteiger partial charge in [-0.1, -0.05) is 13.8 Å². The molecule has 1 atom stereocenters. The average molecular weight is 264 g/mol. The number of anilines is 1. The van der Waals surface area contributed by atoms with Gasteiger partial charge in [0.05, 0.1) is 0 Å². The van der Waals surface area contributed by atoms with Crippen LogP contribution in [0, 0.1) is 18.2 Å². The first-order chi connectivity index (χ1) is 8.80. The predicted molar refractivity (Wildman–Crippen MR) is 79.0 cm³/mol. The zero-order chi connectivity index (χ0) is 14.2. The molecule has 0 spiro atoms. The number of halogens is 1. The molecule has 2 rings (SSSR count). The molecule has 0 amide bonds. The smallest absolute Gasteiger partial charge is 0.126 e. The van der Waals surface area contributed by atoms with Crippen LogP contribution in [0.25, 0.3) is 0 Å². The van der Waals surface area contributed by atoms with Crippen LogP contribution in [0.4, 0.5) is 10.1 Å². The normalized spacial score (nSPS) is 20.4. The second-order valence-electron chi connectivity index (χ2n) is 6.60.